The summed E-state index contributed by atoms with van der Waals surface area (Å²) in [5, 5.41) is 12.4. The molecule has 1 aliphatic heterocycles. The molecule has 3 heterocycles. The third kappa shape index (κ3) is 3.75. The maximum atomic E-state index is 12.0. The van der Waals surface area contributed by atoms with Gasteiger partial charge in [0.2, 0.25) is 5.82 Å². The van der Waals surface area contributed by atoms with Gasteiger partial charge in [-0.3, -0.25) is 14.9 Å². The Hall–Kier alpha value is -3.49. The van der Waals surface area contributed by atoms with E-state index < -0.39 is 4.92 Å². The number of furan rings is 1. The quantitative estimate of drug-likeness (QED) is 0.365. The summed E-state index contributed by atoms with van der Waals surface area (Å²) < 4.78 is 10.4. The van der Waals surface area contributed by atoms with E-state index in [1.807, 2.05) is 29.2 Å². The molecule has 0 N–H and O–H groups in total. The highest BCUT2D eigenvalue weighted by atomic mass is 16.6. The first-order valence-electron chi connectivity index (χ1n) is 9.47. The van der Waals surface area contributed by atoms with Crippen LogP contribution in [-0.2, 0) is 9.53 Å². The maximum Gasteiger partial charge on any atom is 0.329 e. The minimum absolute atomic E-state index is 0.146. The molecule has 0 aliphatic carbocycles. The summed E-state index contributed by atoms with van der Waals surface area (Å²) in [5.74, 6) is 0.282. The lowest BCUT2D eigenvalue weighted by Crippen LogP contribution is -2.37. The van der Waals surface area contributed by atoms with E-state index in [0.717, 1.165) is 16.5 Å². The van der Waals surface area contributed by atoms with Crippen LogP contribution in [0.3, 0.4) is 0 Å². The van der Waals surface area contributed by atoms with Gasteiger partial charge in [0, 0.05) is 24.0 Å². The van der Waals surface area contributed by atoms with Gasteiger partial charge in [-0.2, -0.15) is 0 Å². The van der Waals surface area contributed by atoms with Crippen molar-refractivity contribution in [1.29, 1.82) is 0 Å². The molecule has 9 nitrogen and oxygen atoms in total. The molecule has 1 fully saturated rings. The second kappa shape index (κ2) is 7.86. The zero-order valence-electron chi connectivity index (χ0n) is 15.9. The van der Waals surface area contributed by atoms with E-state index in [9.17, 15) is 14.9 Å². The number of fused-ring (bicyclic) bond motifs is 1. The molecule has 0 atom stereocenters. The Balaban J connectivity index is 1.62. The maximum absolute atomic E-state index is 12.0. The molecule has 150 valence electrons. The van der Waals surface area contributed by atoms with Crippen LogP contribution in [0.25, 0.3) is 22.4 Å². The molecular formula is C20H20N4O5. The smallest absolute Gasteiger partial charge is 0.329 e. The predicted molar refractivity (Wildman–Crippen MR) is 105 cm³/mol. The Morgan fingerprint density at radius 3 is 2.86 bits per heavy atom. The first-order chi connectivity index (χ1) is 14.1. The average molecular weight is 396 g/mol. The van der Waals surface area contributed by atoms with Gasteiger partial charge in [0.15, 0.2) is 5.82 Å². The molecule has 1 aliphatic rings. The number of aromatic nitrogens is 2. The highest BCUT2D eigenvalue weighted by Gasteiger charge is 2.30. The van der Waals surface area contributed by atoms with E-state index in [4.69, 9.17) is 9.15 Å². The summed E-state index contributed by atoms with van der Waals surface area (Å²) in [6.07, 6.45) is 3.98. The van der Waals surface area contributed by atoms with Crippen LogP contribution < -0.4 is 4.90 Å². The fourth-order valence-corrected chi connectivity index (χ4v) is 3.56. The number of carbonyl (C=O) groups is 1. The summed E-state index contributed by atoms with van der Waals surface area (Å²) in [5.41, 5.74) is 1.35. The molecule has 0 spiro atoms. The minimum atomic E-state index is -0.476. The Kier molecular flexibility index (Phi) is 5.11. The Bertz CT molecular complexity index is 1060. The Morgan fingerprint density at radius 2 is 2.14 bits per heavy atom. The number of hydrogen-bond donors (Lipinski definition) is 0. The number of hydrogen-bond acceptors (Lipinski definition) is 8. The molecule has 0 radical (unpaired) electrons. The van der Waals surface area contributed by atoms with Crippen molar-refractivity contribution in [2.45, 2.75) is 19.8 Å². The average Bonchev–Trinajstić information content (AvgIpc) is 3.21. The van der Waals surface area contributed by atoms with E-state index in [-0.39, 0.29) is 23.4 Å². The number of benzene rings is 1. The van der Waals surface area contributed by atoms with Crippen LogP contribution in [0.2, 0.25) is 0 Å². The lowest BCUT2D eigenvalue weighted by molar-refractivity contribution is -0.384. The molecule has 0 saturated carbocycles. The van der Waals surface area contributed by atoms with E-state index in [1.54, 1.807) is 13.2 Å². The molecule has 3 aromatic rings. The van der Waals surface area contributed by atoms with Gasteiger partial charge >= 0.3 is 11.7 Å². The SMILES string of the molecule is CCOC(=O)C1CCN(c2nc(-c3ccc4occc4c3)ncc2[N+](=O)[O-])CC1. The third-order valence-corrected chi connectivity index (χ3v) is 5.07. The summed E-state index contributed by atoms with van der Waals surface area (Å²) in [6.45, 7) is 3.10. The first-order valence-corrected chi connectivity index (χ1v) is 9.47. The predicted octanol–water partition coefficient (Wildman–Crippen LogP) is 3.58. The van der Waals surface area contributed by atoms with Crippen LogP contribution in [0.1, 0.15) is 19.8 Å². The van der Waals surface area contributed by atoms with Gasteiger partial charge in [0.05, 0.1) is 23.7 Å². The molecule has 9 heteroatoms. The van der Waals surface area contributed by atoms with Gasteiger partial charge in [-0.25, -0.2) is 9.97 Å². The van der Waals surface area contributed by atoms with Crippen LogP contribution in [0.4, 0.5) is 11.5 Å². The normalized spacial score (nSPS) is 14.9. The van der Waals surface area contributed by atoms with Crippen molar-refractivity contribution in [1.82, 2.24) is 9.97 Å². The minimum Gasteiger partial charge on any atom is -0.466 e. The van der Waals surface area contributed by atoms with E-state index in [0.29, 0.717) is 38.4 Å². The number of piperidine rings is 1. The summed E-state index contributed by atoms with van der Waals surface area (Å²) in [7, 11) is 0. The third-order valence-electron chi connectivity index (χ3n) is 5.07. The van der Waals surface area contributed by atoms with E-state index >= 15 is 0 Å². The fraction of sp³-hybridized carbons (Fsp3) is 0.350. The Morgan fingerprint density at radius 1 is 1.34 bits per heavy atom. The van der Waals surface area contributed by atoms with Crippen molar-refractivity contribution < 1.29 is 18.9 Å². The van der Waals surface area contributed by atoms with Crippen molar-refractivity contribution >= 4 is 28.4 Å². The van der Waals surface area contributed by atoms with Crippen LogP contribution in [0.5, 0.6) is 0 Å². The van der Waals surface area contributed by atoms with Crippen molar-refractivity contribution in [3.05, 3.63) is 46.8 Å². The van der Waals surface area contributed by atoms with Crippen molar-refractivity contribution in [3.8, 4) is 11.4 Å². The largest absolute Gasteiger partial charge is 0.466 e. The van der Waals surface area contributed by atoms with Crippen molar-refractivity contribution in [3.63, 3.8) is 0 Å². The molecule has 29 heavy (non-hydrogen) atoms. The molecule has 0 amide bonds. The van der Waals surface area contributed by atoms with Gasteiger partial charge in [-0.1, -0.05) is 0 Å². The number of nitrogens with zero attached hydrogens (tertiary/aromatic N) is 4. The number of ether oxygens (including phenoxy) is 1. The van der Waals surface area contributed by atoms with Gasteiger partial charge in [0.1, 0.15) is 11.8 Å². The zero-order valence-corrected chi connectivity index (χ0v) is 15.9. The molecule has 0 bridgehead atoms. The van der Waals surface area contributed by atoms with Gasteiger partial charge < -0.3 is 14.1 Å². The second-order valence-electron chi connectivity index (χ2n) is 6.85. The van der Waals surface area contributed by atoms with Crippen LogP contribution in [0.15, 0.2) is 41.1 Å². The first kappa shape index (κ1) is 18.9. The Labute approximate surface area is 166 Å². The van der Waals surface area contributed by atoms with Crippen LogP contribution in [0, 0.1) is 16.0 Å². The fourth-order valence-electron chi connectivity index (χ4n) is 3.56. The highest BCUT2D eigenvalue weighted by molar-refractivity contribution is 5.82. The number of carbonyl (C=O) groups excluding carboxylic acids is 1. The van der Waals surface area contributed by atoms with Gasteiger partial charge in [-0.05, 0) is 44.0 Å². The summed E-state index contributed by atoms with van der Waals surface area (Å²) in [6, 6.07) is 7.37. The monoisotopic (exact) mass is 396 g/mol. The number of rotatable bonds is 5. The summed E-state index contributed by atoms with van der Waals surface area (Å²) >= 11 is 0. The van der Waals surface area contributed by atoms with E-state index in [1.165, 1.54) is 6.20 Å². The van der Waals surface area contributed by atoms with Crippen molar-refractivity contribution in [2.24, 2.45) is 5.92 Å². The van der Waals surface area contributed by atoms with Gasteiger partial charge in [0.25, 0.3) is 0 Å². The molecular weight excluding hydrogens is 376 g/mol. The van der Waals surface area contributed by atoms with E-state index in [2.05, 4.69) is 9.97 Å². The summed E-state index contributed by atoms with van der Waals surface area (Å²) in [4.78, 5) is 33.6. The second-order valence-corrected chi connectivity index (χ2v) is 6.85. The van der Waals surface area contributed by atoms with Gasteiger partial charge in [-0.15, -0.1) is 0 Å². The van der Waals surface area contributed by atoms with Crippen LogP contribution in [-0.4, -0.2) is 40.6 Å². The van der Waals surface area contributed by atoms with Crippen LogP contribution >= 0.6 is 0 Å². The molecule has 0 unspecified atom stereocenters. The molecule has 2 aromatic heterocycles. The number of esters is 1. The zero-order chi connectivity index (χ0) is 20.4. The number of nitro groups is 1. The topological polar surface area (TPSA) is 112 Å². The number of anilines is 1. The lowest BCUT2D eigenvalue weighted by Gasteiger charge is -2.31. The molecule has 4 rings (SSSR count). The van der Waals surface area contributed by atoms with Crippen molar-refractivity contribution in [2.75, 3.05) is 24.6 Å². The standard InChI is InChI=1S/C20H20N4O5/c1-2-28-20(25)13-5-8-23(9-6-13)19-16(24(26)27)12-21-18(22-19)15-3-4-17-14(11-15)7-10-29-17/h3-4,7,10-13H,2,5-6,8-9H2,1H3. The highest BCUT2D eigenvalue weighted by Crippen LogP contribution is 2.32. The lowest BCUT2D eigenvalue weighted by atomic mass is 9.97. The molecule has 1 aromatic carbocycles. The molecule has 1 saturated heterocycles.